The summed E-state index contributed by atoms with van der Waals surface area (Å²) in [6, 6.07) is 0. The van der Waals surface area contributed by atoms with Crippen LogP contribution < -0.4 is 0 Å². The molecular formula is C13H30O2Si. The number of hydrogen-bond donors (Lipinski definition) is 0. The van der Waals surface area contributed by atoms with Crippen molar-refractivity contribution in [3.05, 3.63) is 0 Å². The third-order valence-corrected chi connectivity index (χ3v) is 5.39. The van der Waals surface area contributed by atoms with Crippen LogP contribution in [-0.2, 0) is 8.85 Å². The first-order valence-electron chi connectivity index (χ1n) is 6.52. The highest BCUT2D eigenvalue weighted by molar-refractivity contribution is 6.48. The molecule has 0 saturated carbocycles. The van der Waals surface area contributed by atoms with Gasteiger partial charge in [0.25, 0.3) is 0 Å². The van der Waals surface area contributed by atoms with E-state index in [1.807, 2.05) is 0 Å². The predicted octanol–water partition coefficient (Wildman–Crippen LogP) is 3.74. The SMILES string of the molecule is CCC(C)(C)[SiH](OCC(C)C)OCC(C)C. The minimum absolute atomic E-state index is 0.226. The van der Waals surface area contributed by atoms with Gasteiger partial charge in [-0.15, -0.1) is 0 Å². The van der Waals surface area contributed by atoms with Gasteiger partial charge in [-0.05, 0) is 18.3 Å². The van der Waals surface area contributed by atoms with E-state index in [1.165, 1.54) is 0 Å². The zero-order valence-corrected chi connectivity index (χ0v) is 13.3. The van der Waals surface area contributed by atoms with Crippen molar-refractivity contribution in [1.82, 2.24) is 0 Å². The zero-order chi connectivity index (χ0) is 12.8. The van der Waals surface area contributed by atoms with Crippen LogP contribution in [-0.4, -0.2) is 22.5 Å². The molecule has 98 valence electrons. The summed E-state index contributed by atoms with van der Waals surface area (Å²) in [7, 11) is -1.56. The Bertz CT molecular complexity index is 167. The zero-order valence-electron chi connectivity index (χ0n) is 12.2. The van der Waals surface area contributed by atoms with Gasteiger partial charge in [0, 0.05) is 18.3 Å². The minimum Gasteiger partial charge on any atom is -0.396 e. The maximum absolute atomic E-state index is 6.03. The topological polar surface area (TPSA) is 18.5 Å². The predicted molar refractivity (Wildman–Crippen MR) is 73.1 cm³/mol. The van der Waals surface area contributed by atoms with Crippen molar-refractivity contribution in [2.24, 2.45) is 11.8 Å². The van der Waals surface area contributed by atoms with Gasteiger partial charge in [0.2, 0.25) is 0 Å². The largest absolute Gasteiger partial charge is 0.396 e. The summed E-state index contributed by atoms with van der Waals surface area (Å²) in [6.45, 7) is 17.2. The summed E-state index contributed by atoms with van der Waals surface area (Å²) in [5.74, 6) is 1.18. The van der Waals surface area contributed by atoms with Crippen molar-refractivity contribution >= 4 is 9.28 Å². The van der Waals surface area contributed by atoms with E-state index in [1.54, 1.807) is 0 Å². The van der Waals surface area contributed by atoms with Gasteiger partial charge in [-0.25, -0.2) is 0 Å². The Morgan fingerprint density at radius 1 is 0.938 bits per heavy atom. The van der Waals surface area contributed by atoms with Crippen molar-refractivity contribution in [2.45, 2.75) is 59.9 Å². The summed E-state index contributed by atoms with van der Waals surface area (Å²) in [5, 5.41) is 0.226. The molecule has 16 heavy (non-hydrogen) atoms. The highest BCUT2D eigenvalue weighted by atomic mass is 28.3. The van der Waals surface area contributed by atoms with E-state index in [0.29, 0.717) is 11.8 Å². The van der Waals surface area contributed by atoms with Gasteiger partial charge in [-0.2, -0.15) is 0 Å². The Labute approximate surface area is 104 Å². The van der Waals surface area contributed by atoms with E-state index in [2.05, 4.69) is 48.5 Å². The highest BCUT2D eigenvalue weighted by Gasteiger charge is 2.33. The lowest BCUT2D eigenvalue weighted by molar-refractivity contribution is 0.144. The number of hydrogen-bond acceptors (Lipinski definition) is 2. The van der Waals surface area contributed by atoms with Crippen LogP contribution in [0.25, 0.3) is 0 Å². The molecule has 0 N–H and O–H groups in total. The Balaban J connectivity index is 4.27. The first-order chi connectivity index (χ1) is 7.29. The molecule has 0 fully saturated rings. The van der Waals surface area contributed by atoms with Crippen molar-refractivity contribution in [3.8, 4) is 0 Å². The molecule has 0 atom stereocenters. The molecule has 0 saturated heterocycles. The average Bonchev–Trinajstić information content (AvgIpc) is 2.16. The summed E-state index contributed by atoms with van der Waals surface area (Å²) >= 11 is 0. The van der Waals surface area contributed by atoms with Crippen molar-refractivity contribution in [3.63, 3.8) is 0 Å². The summed E-state index contributed by atoms with van der Waals surface area (Å²) in [5.41, 5.74) is 0. The van der Waals surface area contributed by atoms with E-state index in [9.17, 15) is 0 Å². The Kier molecular flexibility index (Phi) is 7.52. The van der Waals surface area contributed by atoms with Gasteiger partial charge in [0.05, 0.1) is 0 Å². The molecule has 0 aromatic rings. The lowest BCUT2D eigenvalue weighted by atomic mass is 10.1. The van der Waals surface area contributed by atoms with Gasteiger partial charge in [0.1, 0.15) is 0 Å². The van der Waals surface area contributed by atoms with E-state index in [-0.39, 0.29) is 5.04 Å². The van der Waals surface area contributed by atoms with E-state index in [4.69, 9.17) is 8.85 Å². The Morgan fingerprint density at radius 2 is 1.31 bits per heavy atom. The molecule has 0 aliphatic rings. The molecule has 0 aromatic carbocycles. The van der Waals surface area contributed by atoms with Gasteiger partial charge in [0.15, 0.2) is 0 Å². The Hall–Kier alpha value is 0.137. The molecule has 0 amide bonds. The third kappa shape index (κ3) is 6.66. The number of rotatable bonds is 8. The van der Waals surface area contributed by atoms with Crippen LogP contribution in [0.5, 0.6) is 0 Å². The average molecular weight is 246 g/mol. The molecule has 0 aliphatic carbocycles. The van der Waals surface area contributed by atoms with Gasteiger partial charge in [-0.3, -0.25) is 0 Å². The van der Waals surface area contributed by atoms with E-state index < -0.39 is 9.28 Å². The fourth-order valence-electron chi connectivity index (χ4n) is 1.23. The van der Waals surface area contributed by atoms with E-state index in [0.717, 1.165) is 19.6 Å². The summed E-state index contributed by atoms with van der Waals surface area (Å²) < 4.78 is 12.1. The molecule has 0 unspecified atom stereocenters. The molecular weight excluding hydrogens is 216 g/mol. The lowest BCUT2D eigenvalue weighted by Gasteiger charge is -2.32. The van der Waals surface area contributed by atoms with Crippen molar-refractivity contribution < 1.29 is 8.85 Å². The van der Waals surface area contributed by atoms with Crippen LogP contribution in [0, 0.1) is 11.8 Å². The standard InChI is InChI=1S/C13H30O2Si/c1-8-13(6,7)16(14-9-11(2)3)15-10-12(4)5/h11-12,16H,8-10H2,1-7H3. The van der Waals surface area contributed by atoms with Crippen LogP contribution in [0.4, 0.5) is 0 Å². The normalized spacial score (nSPS) is 13.1. The van der Waals surface area contributed by atoms with E-state index >= 15 is 0 Å². The molecule has 0 spiro atoms. The van der Waals surface area contributed by atoms with Gasteiger partial charge < -0.3 is 8.85 Å². The first-order valence-corrected chi connectivity index (χ1v) is 8.04. The fraction of sp³-hybridized carbons (Fsp3) is 1.00. The maximum Gasteiger partial charge on any atom is 0.327 e. The molecule has 0 aromatic heterocycles. The van der Waals surface area contributed by atoms with Gasteiger partial charge in [-0.1, -0.05) is 48.5 Å². The highest BCUT2D eigenvalue weighted by Crippen LogP contribution is 2.33. The maximum atomic E-state index is 6.03. The Morgan fingerprint density at radius 3 is 1.56 bits per heavy atom. The third-order valence-electron chi connectivity index (χ3n) is 2.71. The smallest absolute Gasteiger partial charge is 0.327 e. The van der Waals surface area contributed by atoms with Gasteiger partial charge >= 0.3 is 9.28 Å². The quantitative estimate of drug-likeness (QED) is 0.607. The fourth-order valence-corrected chi connectivity index (χ4v) is 3.68. The van der Waals surface area contributed by atoms with Crippen molar-refractivity contribution in [2.75, 3.05) is 13.2 Å². The van der Waals surface area contributed by atoms with Crippen LogP contribution in [0.3, 0.4) is 0 Å². The van der Waals surface area contributed by atoms with Crippen LogP contribution >= 0.6 is 0 Å². The van der Waals surface area contributed by atoms with Crippen molar-refractivity contribution in [1.29, 1.82) is 0 Å². The van der Waals surface area contributed by atoms with Crippen LogP contribution in [0.15, 0.2) is 0 Å². The van der Waals surface area contributed by atoms with Crippen LogP contribution in [0.2, 0.25) is 5.04 Å². The summed E-state index contributed by atoms with van der Waals surface area (Å²) in [6.07, 6.45) is 1.13. The second-order valence-electron chi connectivity index (χ2n) is 6.13. The second kappa shape index (κ2) is 7.46. The lowest BCUT2D eigenvalue weighted by Crippen LogP contribution is -2.36. The summed E-state index contributed by atoms with van der Waals surface area (Å²) in [4.78, 5) is 0. The molecule has 2 nitrogen and oxygen atoms in total. The molecule has 0 radical (unpaired) electrons. The first kappa shape index (κ1) is 16.1. The molecule has 0 aliphatic heterocycles. The monoisotopic (exact) mass is 246 g/mol. The minimum atomic E-state index is -1.56. The molecule has 0 bridgehead atoms. The van der Waals surface area contributed by atoms with Crippen LogP contribution in [0.1, 0.15) is 54.9 Å². The molecule has 3 heteroatoms. The second-order valence-corrected chi connectivity index (χ2v) is 9.02. The molecule has 0 heterocycles. The molecule has 0 rings (SSSR count).